The molecule has 2 rings (SSSR count). The molecule has 1 aromatic carbocycles. The molecule has 2 aromatic rings. The Balaban J connectivity index is 2.03. The predicted octanol–water partition coefficient (Wildman–Crippen LogP) is 3.43. The summed E-state index contributed by atoms with van der Waals surface area (Å²) < 4.78 is 10.8. The maximum absolute atomic E-state index is 6.27. The molecule has 112 valence electrons. The van der Waals surface area contributed by atoms with Crippen molar-refractivity contribution in [1.82, 2.24) is 10.3 Å². The number of methoxy groups -OCH3 is 1. The van der Waals surface area contributed by atoms with Gasteiger partial charge in [0.1, 0.15) is 0 Å². The minimum atomic E-state index is 0.582. The topological polar surface area (TPSA) is 43.4 Å². The first-order valence-corrected chi connectivity index (χ1v) is 7.22. The van der Waals surface area contributed by atoms with Gasteiger partial charge in [-0.25, -0.2) is 0 Å². The standard InChI is InChI=1S/C16H19ClN2O2/c1-3-21-16-8-12(14(17)9-15(16)20-2)10-18-11-13-6-4-5-7-19-13/h4-9,18H,3,10-11H2,1-2H3. The fraction of sp³-hybridized carbons (Fsp3) is 0.312. The molecular weight excluding hydrogens is 288 g/mol. The highest BCUT2D eigenvalue weighted by molar-refractivity contribution is 6.31. The fourth-order valence-electron chi connectivity index (χ4n) is 1.97. The SMILES string of the molecule is CCOc1cc(CNCc2ccccn2)c(Cl)cc1OC. The van der Waals surface area contributed by atoms with Crippen molar-refractivity contribution in [2.75, 3.05) is 13.7 Å². The zero-order valence-electron chi connectivity index (χ0n) is 12.2. The Morgan fingerprint density at radius 1 is 1.19 bits per heavy atom. The minimum Gasteiger partial charge on any atom is -0.493 e. The van der Waals surface area contributed by atoms with Crippen LogP contribution in [0.25, 0.3) is 0 Å². The lowest BCUT2D eigenvalue weighted by atomic mass is 10.2. The molecule has 0 aliphatic carbocycles. The van der Waals surface area contributed by atoms with E-state index in [4.69, 9.17) is 21.1 Å². The van der Waals surface area contributed by atoms with Crippen LogP contribution in [0.5, 0.6) is 11.5 Å². The molecule has 4 nitrogen and oxygen atoms in total. The molecule has 0 radical (unpaired) electrons. The van der Waals surface area contributed by atoms with Crippen molar-refractivity contribution in [2.24, 2.45) is 0 Å². The summed E-state index contributed by atoms with van der Waals surface area (Å²) in [6.45, 7) is 3.85. The molecule has 0 fully saturated rings. The summed E-state index contributed by atoms with van der Waals surface area (Å²) in [6, 6.07) is 9.55. The maximum atomic E-state index is 6.27. The number of pyridine rings is 1. The van der Waals surface area contributed by atoms with E-state index in [2.05, 4.69) is 10.3 Å². The number of aromatic nitrogens is 1. The molecule has 0 saturated heterocycles. The number of rotatable bonds is 7. The van der Waals surface area contributed by atoms with Gasteiger partial charge in [-0.15, -0.1) is 0 Å². The summed E-state index contributed by atoms with van der Waals surface area (Å²) in [6.07, 6.45) is 1.78. The van der Waals surface area contributed by atoms with E-state index in [1.165, 1.54) is 0 Å². The van der Waals surface area contributed by atoms with Crippen molar-refractivity contribution in [2.45, 2.75) is 20.0 Å². The predicted molar refractivity (Wildman–Crippen MR) is 84.0 cm³/mol. The van der Waals surface area contributed by atoms with Gasteiger partial charge in [-0.3, -0.25) is 4.98 Å². The zero-order valence-corrected chi connectivity index (χ0v) is 13.0. The molecule has 0 aliphatic heterocycles. The molecule has 0 saturated carbocycles. The second-order valence-corrected chi connectivity index (χ2v) is 4.86. The Labute approximate surface area is 130 Å². The molecule has 1 aromatic heterocycles. The molecule has 1 heterocycles. The van der Waals surface area contributed by atoms with Gasteiger partial charge in [0.2, 0.25) is 0 Å². The van der Waals surface area contributed by atoms with Crippen LogP contribution < -0.4 is 14.8 Å². The van der Waals surface area contributed by atoms with Gasteiger partial charge in [0.05, 0.1) is 19.4 Å². The summed E-state index contributed by atoms with van der Waals surface area (Å²) in [5.74, 6) is 1.36. The number of hydrogen-bond acceptors (Lipinski definition) is 4. The Kier molecular flexibility index (Phi) is 5.84. The molecule has 5 heteroatoms. The number of benzene rings is 1. The van der Waals surface area contributed by atoms with Crippen LogP contribution in [0, 0.1) is 0 Å². The van der Waals surface area contributed by atoms with Crippen LogP contribution in [0.2, 0.25) is 5.02 Å². The minimum absolute atomic E-state index is 0.582. The summed E-state index contributed by atoms with van der Waals surface area (Å²) >= 11 is 6.27. The Morgan fingerprint density at radius 3 is 2.71 bits per heavy atom. The smallest absolute Gasteiger partial charge is 0.162 e. The first-order chi connectivity index (χ1) is 10.2. The fourth-order valence-corrected chi connectivity index (χ4v) is 2.19. The molecular formula is C16H19ClN2O2. The summed E-state index contributed by atoms with van der Waals surface area (Å²) in [5.41, 5.74) is 1.96. The van der Waals surface area contributed by atoms with Gasteiger partial charge in [-0.05, 0) is 30.7 Å². The molecule has 0 atom stereocenters. The van der Waals surface area contributed by atoms with Crippen molar-refractivity contribution < 1.29 is 9.47 Å². The van der Waals surface area contributed by atoms with Crippen LogP contribution in [0.3, 0.4) is 0 Å². The Hall–Kier alpha value is -1.78. The highest BCUT2D eigenvalue weighted by Crippen LogP contribution is 2.33. The van der Waals surface area contributed by atoms with Gasteiger partial charge in [-0.1, -0.05) is 17.7 Å². The van der Waals surface area contributed by atoms with Crippen molar-refractivity contribution in [1.29, 1.82) is 0 Å². The maximum Gasteiger partial charge on any atom is 0.162 e. The number of nitrogens with zero attached hydrogens (tertiary/aromatic N) is 1. The van der Waals surface area contributed by atoms with E-state index in [0.29, 0.717) is 36.2 Å². The van der Waals surface area contributed by atoms with E-state index in [1.54, 1.807) is 19.4 Å². The van der Waals surface area contributed by atoms with E-state index in [9.17, 15) is 0 Å². The summed E-state index contributed by atoms with van der Waals surface area (Å²) in [7, 11) is 1.60. The molecule has 0 unspecified atom stereocenters. The lowest BCUT2D eigenvalue weighted by molar-refractivity contribution is 0.310. The van der Waals surface area contributed by atoms with Gasteiger partial charge < -0.3 is 14.8 Å². The average Bonchev–Trinajstić information content (AvgIpc) is 2.51. The third-order valence-electron chi connectivity index (χ3n) is 2.98. The third-order valence-corrected chi connectivity index (χ3v) is 3.33. The number of halogens is 1. The molecule has 21 heavy (non-hydrogen) atoms. The van der Waals surface area contributed by atoms with Crippen molar-refractivity contribution in [3.05, 3.63) is 52.8 Å². The largest absolute Gasteiger partial charge is 0.493 e. The lowest BCUT2D eigenvalue weighted by Gasteiger charge is -2.13. The van der Waals surface area contributed by atoms with E-state index >= 15 is 0 Å². The second kappa shape index (κ2) is 7.86. The average molecular weight is 307 g/mol. The number of nitrogens with one attached hydrogen (secondary N) is 1. The molecule has 1 N–H and O–H groups in total. The van der Waals surface area contributed by atoms with Gasteiger partial charge in [0.15, 0.2) is 11.5 Å². The van der Waals surface area contributed by atoms with Crippen LogP contribution in [0.1, 0.15) is 18.2 Å². The van der Waals surface area contributed by atoms with Crippen molar-refractivity contribution >= 4 is 11.6 Å². The molecule has 0 bridgehead atoms. The van der Waals surface area contributed by atoms with E-state index in [0.717, 1.165) is 11.3 Å². The van der Waals surface area contributed by atoms with Crippen LogP contribution in [-0.4, -0.2) is 18.7 Å². The molecule has 0 aliphatic rings. The van der Waals surface area contributed by atoms with E-state index in [1.807, 2.05) is 31.2 Å². The zero-order chi connectivity index (χ0) is 15.1. The lowest BCUT2D eigenvalue weighted by Crippen LogP contribution is -2.14. The van der Waals surface area contributed by atoms with Gasteiger partial charge in [0.25, 0.3) is 0 Å². The highest BCUT2D eigenvalue weighted by atomic mass is 35.5. The van der Waals surface area contributed by atoms with E-state index < -0.39 is 0 Å². The summed E-state index contributed by atoms with van der Waals surface area (Å²) in [5, 5.41) is 3.98. The Morgan fingerprint density at radius 2 is 2.05 bits per heavy atom. The van der Waals surface area contributed by atoms with Crippen LogP contribution in [0.15, 0.2) is 36.5 Å². The van der Waals surface area contributed by atoms with Gasteiger partial charge in [-0.2, -0.15) is 0 Å². The molecule has 0 amide bonds. The van der Waals surface area contributed by atoms with Crippen LogP contribution in [-0.2, 0) is 13.1 Å². The molecule has 0 spiro atoms. The first kappa shape index (κ1) is 15.6. The Bertz CT molecular complexity index is 576. The normalized spacial score (nSPS) is 10.4. The van der Waals surface area contributed by atoms with Crippen LogP contribution in [0.4, 0.5) is 0 Å². The van der Waals surface area contributed by atoms with E-state index in [-0.39, 0.29) is 0 Å². The monoisotopic (exact) mass is 306 g/mol. The summed E-state index contributed by atoms with van der Waals surface area (Å²) in [4.78, 5) is 4.27. The third kappa shape index (κ3) is 4.34. The number of ether oxygens (including phenoxy) is 2. The van der Waals surface area contributed by atoms with Crippen LogP contribution >= 0.6 is 11.6 Å². The van der Waals surface area contributed by atoms with Crippen molar-refractivity contribution in [3.8, 4) is 11.5 Å². The van der Waals surface area contributed by atoms with Gasteiger partial charge in [0, 0.05) is 30.4 Å². The van der Waals surface area contributed by atoms with Gasteiger partial charge >= 0.3 is 0 Å². The number of hydrogen-bond donors (Lipinski definition) is 1. The first-order valence-electron chi connectivity index (χ1n) is 6.84. The van der Waals surface area contributed by atoms with Crippen molar-refractivity contribution in [3.63, 3.8) is 0 Å². The highest BCUT2D eigenvalue weighted by Gasteiger charge is 2.10. The second-order valence-electron chi connectivity index (χ2n) is 4.45. The quantitative estimate of drug-likeness (QED) is 0.851.